The van der Waals surface area contributed by atoms with E-state index >= 15 is 0 Å². The van der Waals surface area contributed by atoms with Gasteiger partial charge in [0, 0.05) is 38.4 Å². The van der Waals surface area contributed by atoms with E-state index in [1.807, 2.05) is 12.1 Å². The smallest absolute Gasteiger partial charge is 0.419 e. The van der Waals surface area contributed by atoms with Crippen molar-refractivity contribution < 1.29 is 22.7 Å². The molecule has 8 heteroatoms. The fraction of sp³-hybridized carbons (Fsp3) is 0.409. The standard InChI is InChI=1S/C22H26F3N3O2/c1-2-27-11-13-28(14-12-27)15-17-7-9-18(10-8-17)26-21(29)16-30-20-6-4-3-5-19(20)22(23,24)25/h3-10H,2,11-16H2,1H3,(H,26,29). The zero-order valence-corrected chi connectivity index (χ0v) is 16.9. The topological polar surface area (TPSA) is 44.8 Å². The molecule has 5 nitrogen and oxygen atoms in total. The lowest BCUT2D eigenvalue weighted by Gasteiger charge is -2.34. The van der Waals surface area contributed by atoms with E-state index in [1.54, 1.807) is 12.1 Å². The second kappa shape index (κ2) is 9.95. The Balaban J connectivity index is 1.48. The Bertz CT molecular complexity index is 832. The van der Waals surface area contributed by atoms with Crippen molar-refractivity contribution in [2.45, 2.75) is 19.6 Å². The summed E-state index contributed by atoms with van der Waals surface area (Å²) in [4.78, 5) is 16.9. The van der Waals surface area contributed by atoms with Crippen molar-refractivity contribution >= 4 is 11.6 Å². The van der Waals surface area contributed by atoms with Crippen LogP contribution in [-0.4, -0.2) is 55.0 Å². The fourth-order valence-corrected chi connectivity index (χ4v) is 3.38. The summed E-state index contributed by atoms with van der Waals surface area (Å²) in [5, 5.41) is 2.65. The number of carbonyl (C=O) groups excluding carboxylic acids is 1. The van der Waals surface area contributed by atoms with Crippen LogP contribution in [0.3, 0.4) is 0 Å². The average Bonchev–Trinajstić information content (AvgIpc) is 2.74. The molecule has 162 valence electrons. The molecule has 0 aliphatic carbocycles. The first-order valence-electron chi connectivity index (χ1n) is 9.97. The zero-order chi connectivity index (χ0) is 21.6. The predicted octanol–water partition coefficient (Wildman–Crippen LogP) is 3.86. The lowest BCUT2D eigenvalue weighted by Crippen LogP contribution is -2.45. The fourth-order valence-electron chi connectivity index (χ4n) is 3.38. The third-order valence-electron chi connectivity index (χ3n) is 5.11. The minimum atomic E-state index is -4.54. The summed E-state index contributed by atoms with van der Waals surface area (Å²) in [6.07, 6.45) is -4.54. The number of nitrogens with zero attached hydrogens (tertiary/aromatic N) is 2. The molecule has 0 aromatic heterocycles. The first kappa shape index (κ1) is 22.1. The van der Waals surface area contributed by atoms with Crippen LogP contribution >= 0.6 is 0 Å². The number of para-hydroxylation sites is 1. The summed E-state index contributed by atoms with van der Waals surface area (Å²) in [6, 6.07) is 12.3. The van der Waals surface area contributed by atoms with E-state index in [2.05, 4.69) is 22.0 Å². The molecule has 0 atom stereocenters. The largest absolute Gasteiger partial charge is 0.483 e. The molecule has 1 N–H and O–H groups in total. The molecular weight excluding hydrogens is 395 g/mol. The van der Waals surface area contributed by atoms with E-state index in [4.69, 9.17) is 4.74 Å². The molecule has 1 fully saturated rings. The van der Waals surface area contributed by atoms with Crippen molar-refractivity contribution in [3.05, 3.63) is 59.7 Å². The lowest BCUT2D eigenvalue weighted by atomic mass is 10.1. The van der Waals surface area contributed by atoms with Gasteiger partial charge in [-0.1, -0.05) is 31.2 Å². The molecule has 0 radical (unpaired) electrons. The number of likely N-dealkylation sites (N-methyl/N-ethyl adjacent to an activating group) is 1. The van der Waals surface area contributed by atoms with Gasteiger partial charge in [-0.2, -0.15) is 13.2 Å². The van der Waals surface area contributed by atoms with Crippen molar-refractivity contribution in [3.8, 4) is 5.75 Å². The van der Waals surface area contributed by atoms with E-state index < -0.39 is 24.3 Å². The lowest BCUT2D eigenvalue weighted by molar-refractivity contribution is -0.139. The molecule has 0 saturated carbocycles. The van der Waals surface area contributed by atoms with Crippen LogP contribution in [0.5, 0.6) is 5.75 Å². The first-order chi connectivity index (χ1) is 14.3. The Hall–Kier alpha value is -2.58. The summed E-state index contributed by atoms with van der Waals surface area (Å²) >= 11 is 0. The number of hydrogen-bond acceptors (Lipinski definition) is 4. The molecule has 1 heterocycles. The van der Waals surface area contributed by atoms with Crippen molar-refractivity contribution in [3.63, 3.8) is 0 Å². The van der Waals surface area contributed by atoms with Gasteiger partial charge in [0.25, 0.3) is 5.91 Å². The molecule has 1 saturated heterocycles. The highest BCUT2D eigenvalue weighted by atomic mass is 19.4. The SMILES string of the molecule is CCN1CCN(Cc2ccc(NC(=O)COc3ccccc3C(F)(F)F)cc2)CC1. The first-order valence-corrected chi connectivity index (χ1v) is 9.97. The minimum Gasteiger partial charge on any atom is -0.483 e. The normalized spacial score (nSPS) is 15.7. The highest BCUT2D eigenvalue weighted by molar-refractivity contribution is 5.91. The summed E-state index contributed by atoms with van der Waals surface area (Å²) in [6.45, 7) is 7.80. The number of rotatable bonds is 7. The van der Waals surface area contributed by atoms with E-state index in [1.165, 1.54) is 18.2 Å². The van der Waals surface area contributed by atoms with Gasteiger partial charge in [-0.3, -0.25) is 9.69 Å². The van der Waals surface area contributed by atoms with Crippen LogP contribution in [0.1, 0.15) is 18.1 Å². The number of hydrogen-bond donors (Lipinski definition) is 1. The van der Waals surface area contributed by atoms with Crippen LogP contribution < -0.4 is 10.1 Å². The highest BCUT2D eigenvalue weighted by Crippen LogP contribution is 2.35. The molecule has 1 aliphatic rings. The minimum absolute atomic E-state index is 0.362. The molecule has 0 bridgehead atoms. The second-order valence-corrected chi connectivity index (χ2v) is 7.24. The van der Waals surface area contributed by atoms with Crippen LogP contribution in [0.2, 0.25) is 0 Å². The van der Waals surface area contributed by atoms with Gasteiger partial charge in [0.05, 0.1) is 5.56 Å². The quantitative estimate of drug-likeness (QED) is 0.738. The van der Waals surface area contributed by atoms with Crippen molar-refractivity contribution in [1.82, 2.24) is 9.80 Å². The number of amides is 1. The van der Waals surface area contributed by atoms with Gasteiger partial charge >= 0.3 is 6.18 Å². The number of anilines is 1. The molecule has 1 aliphatic heterocycles. The Morgan fingerprint density at radius 1 is 1.00 bits per heavy atom. The predicted molar refractivity (Wildman–Crippen MR) is 109 cm³/mol. The maximum absolute atomic E-state index is 13.0. The van der Waals surface area contributed by atoms with Gasteiger partial charge < -0.3 is 15.0 Å². The zero-order valence-electron chi connectivity index (χ0n) is 16.9. The Kier molecular flexibility index (Phi) is 7.33. The average molecular weight is 421 g/mol. The van der Waals surface area contributed by atoms with Crippen molar-refractivity contribution in [2.75, 3.05) is 44.6 Å². The van der Waals surface area contributed by atoms with Gasteiger partial charge in [0.15, 0.2) is 6.61 Å². The highest BCUT2D eigenvalue weighted by Gasteiger charge is 2.34. The Morgan fingerprint density at radius 2 is 1.63 bits per heavy atom. The summed E-state index contributed by atoms with van der Waals surface area (Å²) in [5.41, 5.74) is 0.822. The van der Waals surface area contributed by atoms with Crippen LogP contribution in [0.15, 0.2) is 48.5 Å². The van der Waals surface area contributed by atoms with Crippen LogP contribution in [0.25, 0.3) is 0 Å². The van der Waals surface area contributed by atoms with Gasteiger partial charge in [-0.05, 0) is 36.4 Å². The second-order valence-electron chi connectivity index (χ2n) is 7.24. The summed E-state index contributed by atoms with van der Waals surface area (Å²) in [5.74, 6) is -0.880. The molecule has 0 unspecified atom stereocenters. The Labute approximate surface area is 174 Å². The maximum Gasteiger partial charge on any atom is 0.419 e. The molecule has 30 heavy (non-hydrogen) atoms. The molecular formula is C22H26F3N3O2. The van der Waals surface area contributed by atoms with E-state index in [0.29, 0.717) is 5.69 Å². The molecule has 2 aromatic rings. The summed E-state index contributed by atoms with van der Waals surface area (Å²) < 4.78 is 44.0. The van der Waals surface area contributed by atoms with Crippen LogP contribution in [-0.2, 0) is 17.5 Å². The van der Waals surface area contributed by atoms with E-state index in [-0.39, 0.29) is 5.75 Å². The molecule has 3 rings (SSSR count). The van der Waals surface area contributed by atoms with Crippen LogP contribution in [0, 0.1) is 0 Å². The van der Waals surface area contributed by atoms with Crippen molar-refractivity contribution in [2.24, 2.45) is 0 Å². The Morgan fingerprint density at radius 3 is 2.27 bits per heavy atom. The monoisotopic (exact) mass is 421 g/mol. The number of piperazine rings is 1. The van der Waals surface area contributed by atoms with Gasteiger partial charge in [-0.15, -0.1) is 0 Å². The van der Waals surface area contributed by atoms with Gasteiger partial charge in [0.1, 0.15) is 5.75 Å². The maximum atomic E-state index is 13.0. The molecule has 0 spiro atoms. The number of nitrogens with one attached hydrogen (secondary N) is 1. The number of ether oxygens (including phenoxy) is 1. The number of halogens is 3. The number of benzene rings is 2. The van der Waals surface area contributed by atoms with E-state index in [9.17, 15) is 18.0 Å². The number of alkyl halides is 3. The molecule has 1 amide bonds. The third kappa shape index (κ3) is 6.21. The van der Waals surface area contributed by atoms with Gasteiger partial charge in [-0.25, -0.2) is 0 Å². The molecule has 2 aromatic carbocycles. The number of carbonyl (C=O) groups is 1. The van der Waals surface area contributed by atoms with Crippen LogP contribution in [0.4, 0.5) is 18.9 Å². The summed E-state index contributed by atoms with van der Waals surface area (Å²) in [7, 11) is 0. The van der Waals surface area contributed by atoms with E-state index in [0.717, 1.165) is 50.9 Å². The van der Waals surface area contributed by atoms with Gasteiger partial charge in [0.2, 0.25) is 0 Å². The van der Waals surface area contributed by atoms with Crippen molar-refractivity contribution in [1.29, 1.82) is 0 Å². The third-order valence-corrected chi connectivity index (χ3v) is 5.11.